The monoisotopic (exact) mass is 710 g/mol. The first-order chi connectivity index (χ1) is 22.3. The van der Waals surface area contributed by atoms with Gasteiger partial charge in [0.2, 0.25) is 0 Å². The molecular weight excluding hydrogens is 668 g/mol. The molecule has 274 valence electrons. The Balaban J connectivity index is 1.32. The number of rotatable bonds is 12. The minimum Gasteiger partial charge on any atom is -0.394 e. The smallest absolute Gasteiger partial charge is 0.394 e. The molecule has 4 aliphatic heterocycles. The molecular formula is C24H42O22Si. The molecule has 20 atom stereocenters. The normalized spacial score (nSPS) is 51.2. The lowest BCUT2D eigenvalue weighted by Crippen LogP contribution is -2.65. The van der Waals surface area contributed by atoms with Crippen LogP contribution in [0, 0.1) is 0 Å². The quantitative estimate of drug-likeness (QED) is 0.0836. The second-order valence-electron chi connectivity index (χ2n) is 11.3. The fourth-order valence-electron chi connectivity index (χ4n) is 5.43. The van der Waals surface area contributed by atoms with E-state index in [1.807, 2.05) is 0 Å². The van der Waals surface area contributed by atoms with Gasteiger partial charge in [-0.3, -0.25) is 0 Å². The Morgan fingerprint density at radius 1 is 0.362 bits per heavy atom. The van der Waals surface area contributed by atoms with E-state index in [1.165, 1.54) is 0 Å². The second kappa shape index (κ2) is 17.0. The van der Waals surface area contributed by atoms with Crippen molar-refractivity contribution in [2.45, 2.75) is 123 Å². The maximum absolute atomic E-state index is 10.7. The maximum atomic E-state index is 10.7. The van der Waals surface area contributed by atoms with Gasteiger partial charge >= 0.3 is 10.0 Å². The minimum atomic E-state index is -1.90. The van der Waals surface area contributed by atoms with Crippen molar-refractivity contribution in [2.24, 2.45) is 0 Å². The average Bonchev–Trinajstić information content (AvgIpc) is 3.07. The number of ether oxygens (including phenoxy) is 6. The molecule has 0 aliphatic carbocycles. The molecule has 0 saturated carbocycles. The van der Waals surface area contributed by atoms with Crippen LogP contribution in [0.25, 0.3) is 0 Å². The van der Waals surface area contributed by atoms with Gasteiger partial charge in [-0.1, -0.05) is 0 Å². The molecule has 4 aliphatic rings. The summed E-state index contributed by atoms with van der Waals surface area (Å²) < 4.78 is 42.9. The largest absolute Gasteiger partial charge is 0.437 e. The van der Waals surface area contributed by atoms with Crippen molar-refractivity contribution in [3.8, 4) is 0 Å². The van der Waals surface area contributed by atoms with Gasteiger partial charge < -0.3 is 109 Å². The maximum Gasteiger partial charge on any atom is 0.437 e. The first-order valence-corrected chi connectivity index (χ1v) is 15.3. The molecule has 47 heavy (non-hydrogen) atoms. The number of hydrogen-bond donors (Lipinski definition) is 14. The number of aliphatic hydroxyl groups excluding tert-OH is 14. The average molecular weight is 711 g/mol. The lowest BCUT2D eigenvalue weighted by molar-refractivity contribution is -0.357. The van der Waals surface area contributed by atoms with Crippen molar-refractivity contribution in [2.75, 3.05) is 26.4 Å². The molecule has 0 aromatic heterocycles. The molecule has 0 unspecified atom stereocenters. The predicted octanol–water partition coefficient (Wildman–Crippen LogP) is -10.2. The Morgan fingerprint density at radius 2 is 0.660 bits per heavy atom. The van der Waals surface area contributed by atoms with E-state index in [9.17, 15) is 71.5 Å². The molecule has 2 radical (unpaired) electrons. The third-order valence-electron chi connectivity index (χ3n) is 8.25. The summed E-state index contributed by atoms with van der Waals surface area (Å²) in [4.78, 5) is 0. The fraction of sp³-hybridized carbons (Fsp3) is 1.00. The summed E-state index contributed by atoms with van der Waals surface area (Å²) in [6, 6.07) is 0. The lowest BCUT2D eigenvalue weighted by Gasteiger charge is -2.46. The van der Waals surface area contributed by atoms with Crippen molar-refractivity contribution in [1.82, 2.24) is 0 Å². The van der Waals surface area contributed by atoms with E-state index in [4.69, 9.17) is 37.3 Å². The van der Waals surface area contributed by atoms with Gasteiger partial charge in [0.15, 0.2) is 25.2 Å². The van der Waals surface area contributed by atoms with Crippen molar-refractivity contribution >= 4 is 10.0 Å². The summed E-state index contributed by atoms with van der Waals surface area (Å²) in [5.41, 5.74) is 0. The van der Waals surface area contributed by atoms with Gasteiger partial charge in [-0.25, -0.2) is 0 Å². The highest BCUT2D eigenvalue weighted by Crippen LogP contribution is 2.31. The van der Waals surface area contributed by atoms with Crippen LogP contribution in [-0.2, 0) is 37.3 Å². The van der Waals surface area contributed by atoms with Gasteiger partial charge in [-0.15, -0.1) is 0 Å². The van der Waals surface area contributed by atoms with Crippen molar-refractivity contribution in [3.05, 3.63) is 0 Å². The molecule has 4 fully saturated rings. The highest BCUT2D eigenvalue weighted by Gasteiger charge is 2.53. The van der Waals surface area contributed by atoms with Crippen LogP contribution in [0.2, 0.25) is 0 Å². The van der Waals surface area contributed by atoms with E-state index < -0.39 is 159 Å². The summed E-state index contributed by atoms with van der Waals surface area (Å²) in [7, 11) is -1.15. The van der Waals surface area contributed by atoms with Gasteiger partial charge in [0, 0.05) is 0 Å². The Labute approximate surface area is 268 Å². The number of hydrogen-bond acceptors (Lipinski definition) is 22. The first kappa shape index (κ1) is 39.1. The van der Waals surface area contributed by atoms with Gasteiger partial charge in [0.25, 0.3) is 0 Å². The minimum absolute atomic E-state index is 0.765. The van der Waals surface area contributed by atoms with E-state index in [2.05, 4.69) is 0 Å². The van der Waals surface area contributed by atoms with Crippen molar-refractivity contribution in [1.29, 1.82) is 0 Å². The van der Waals surface area contributed by atoms with Crippen molar-refractivity contribution < 1.29 is 109 Å². The van der Waals surface area contributed by atoms with Gasteiger partial charge in [-0.05, 0) is 0 Å². The molecule has 0 spiro atoms. The van der Waals surface area contributed by atoms with Crippen LogP contribution in [0.3, 0.4) is 0 Å². The van der Waals surface area contributed by atoms with E-state index in [-0.39, 0.29) is 0 Å². The molecule has 4 saturated heterocycles. The molecule has 0 bridgehead atoms. The van der Waals surface area contributed by atoms with Crippen LogP contribution in [0.1, 0.15) is 0 Å². The summed E-state index contributed by atoms with van der Waals surface area (Å²) >= 11 is 0. The third-order valence-corrected chi connectivity index (χ3v) is 8.91. The summed E-state index contributed by atoms with van der Waals surface area (Å²) in [5.74, 6) is 0. The topological polar surface area (TPSA) is 357 Å². The zero-order valence-electron chi connectivity index (χ0n) is 24.4. The number of aliphatic hydroxyl groups is 14. The first-order valence-electron chi connectivity index (χ1n) is 14.5. The molecule has 14 N–H and O–H groups in total. The molecule has 4 rings (SSSR count). The summed E-state index contributed by atoms with van der Waals surface area (Å²) in [5, 5.41) is 141. The Morgan fingerprint density at radius 3 is 0.979 bits per heavy atom. The Bertz CT molecular complexity index is 877. The zero-order chi connectivity index (χ0) is 34.7. The fourth-order valence-corrected chi connectivity index (χ4v) is 6.06. The molecule has 4 heterocycles. The van der Waals surface area contributed by atoms with Crippen LogP contribution in [-0.4, -0.2) is 231 Å². The standard InChI is InChI=1S/C24H42O22Si/c25-1-5-9(29)11(31)15(35)21(39-5)43-19-7(3-27)41-23(17(37)13(19)33)45-47-46-24-18(38)14(34)20(8(4-28)42-24)44-22-16(36)12(32)10(30)6(2-26)40-22/h5-38H,1-4H2/t5-,6-,7-,8-,9-,10-,11+,12+,13-,14-,15-,16-,17-,18-,19-,20-,21-,22-,23+,24+/m1/s1. The zero-order valence-corrected chi connectivity index (χ0v) is 25.4. The Kier molecular flexibility index (Phi) is 14.2. The lowest BCUT2D eigenvalue weighted by atomic mass is 9.97. The highest BCUT2D eigenvalue weighted by atomic mass is 28.3. The Hall–Kier alpha value is -0.663. The molecule has 0 amide bonds. The van der Waals surface area contributed by atoms with Crippen LogP contribution in [0.15, 0.2) is 0 Å². The van der Waals surface area contributed by atoms with Crippen LogP contribution >= 0.6 is 0 Å². The highest BCUT2D eigenvalue weighted by molar-refractivity contribution is 6.18. The SMILES string of the molecule is OC[C@H]1O[C@H](O[C@H]2[C@H](O)[C@@H](O)[C@H](O[Si]O[C@@H]3O[C@H](CO)[C@@H](O[C@H]4O[C@H](CO)[C@@H](O)[C@H](O)[C@H]4O)[C@H](O)[C@H]3O)O[C@@H]2CO)[C@H](O)[C@@H](O)[C@@H]1O. The summed E-state index contributed by atoms with van der Waals surface area (Å²) in [6.45, 7) is -3.20. The van der Waals surface area contributed by atoms with Gasteiger partial charge in [-0.2, -0.15) is 0 Å². The van der Waals surface area contributed by atoms with Crippen LogP contribution in [0.4, 0.5) is 0 Å². The summed E-state index contributed by atoms with van der Waals surface area (Å²) in [6.07, 6.45) is -33.9. The predicted molar refractivity (Wildman–Crippen MR) is 141 cm³/mol. The molecule has 22 nitrogen and oxygen atoms in total. The van der Waals surface area contributed by atoms with E-state index in [1.54, 1.807) is 0 Å². The van der Waals surface area contributed by atoms with Crippen LogP contribution in [0.5, 0.6) is 0 Å². The van der Waals surface area contributed by atoms with E-state index >= 15 is 0 Å². The molecule has 0 aromatic rings. The van der Waals surface area contributed by atoms with Gasteiger partial charge in [0.05, 0.1) is 26.4 Å². The third kappa shape index (κ3) is 8.29. The molecule has 0 aromatic carbocycles. The second-order valence-corrected chi connectivity index (χ2v) is 12.0. The van der Waals surface area contributed by atoms with Gasteiger partial charge in [0.1, 0.15) is 97.7 Å². The van der Waals surface area contributed by atoms with E-state index in [0.717, 1.165) is 0 Å². The van der Waals surface area contributed by atoms with Crippen molar-refractivity contribution in [3.63, 3.8) is 0 Å². The van der Waals surface area contributed by atoms with E-state index in [0.29, 0.717) is 0 Å². The molecule has 23 heteroatoms. The van der Waals surface area contributed by atoms with Crippen LogP contribution < -0.4 is 0 Å².